The van der Waals surface area contributed by atoms with Gasteiger partial charge in [0.2, 0.25) is 17.7 Å². The zero-order valence-electron chi connectivity index (χ0n) is 33.6. The van der Waals surface area contributed by atoms with Crippen molar-refractivity contribution in [2.75, 3.05) is 45.7 Å². The fourth-order valence-electron chi connectivity index (χ4n) is 7.28. The third kappa shape index (κ3) is 9.11. The minimum atomic E-state index is -3.68. The number of nitrogens with one attached hydrogen (secondary N) is 1. The van der Waals surface area contributed by atoms with E-state index in [9.17, 15) is 19.5 Å². The highest BCUT2D eigenvalue weighted by Gasteiger charge is 2.47. The van der Waals surface area contributed by atoms with Crippen LogP contribution < -0.4 is 10.1 Å². The lowest BCUT2D eigenvalue weighted by Gasteiger charge is -2.50. The van der Waals surface area contributed by atoms with Crippen LogP contribution >= 0.6 is 18.1 Å². The molecule has 1 aliphatic rings. The number of carbonyl (C=O) groups is 1. The highest BCUT2D eigenvalue weighted by atomic mass is 35.7. The standard InChI is InChI=1S/C43H46ClN8O7P/c1-30(2)40(53)47-42-46-39-38(41(48-42)57-25-24-31-20-22-35(23-21-31)52(54)55)45-29-51(39)37-27-50(26-36(59-37)28-58-60(44,56)49(3)4)43(32-14-8-5-9-15-32,33-16-10-6-11-17-33)34-18-12-7-13-19-34/h5-23,29-30,36-37H,24-28H2,1-4H3,(H,46,47,48,53)/t36-,37+,60?/m0/s1. The van der Waals surface area contributed by atoms with Crippen LogP contribution in [0, 0.1) is 16.0 Å². The third-order valence-corrected chi connectivity index (χ3v) is 13.0. The maximum atomic E-state index is 13.3. The first kappa shape index (κ1) is 42.6. The number of nitro benzene ring substituents is 1. The minimum Gasteiger partial charge on any atom is -0.476 e. The number of halogens is 1. The Balaban J connectivity index is 1.33. The molecule has 1 aliphatic heterocycles. The number of benzene rings is 4. The Kier molecular flexibility index (Phi) is 13.0. The minimum absolute atomic E-state index is 0.00605. The lowest BCUT2D eigenvalue weighted by molar-refractivity contribution is -0.384. The van der Waals surface area contributed by atoms with Crippen molar-refractivity contribution in [1.29, 1.82) is 0 Å². The predicted octanol–water partition coefficient (Wildman–Crippen LogP) is 8.07. The van der Waals surface area contributed by atoms with Crippen LogP contribution in [0.2, 0.25) is 0 Å². The lowest BCUT2D eigenvalue weighted by atomic mass is 9.75. The van der Waals surface area contributed by atoms with Crippen LogP contribution in [0.5, 0.6) is 5.88 Å². The summed E-state index contributed by atoms with van der Waals surface area (Å²) in [6.45, 7) is 0.548. The maximum Gasteiger partial charge on any atom is 0.362 e. The first-order valence-electron chi connectivity index (χ1n) is 19.5. The van der Waals surface area contributed by atoms with Crippen molar-refractivity contribution in [1.82, 2.24) is 29.1 Å². The molecule has 0 bridgehead atoms. The SMILES string of the molecule is CC(C)C(=O)Nc1nc(OCCc2ccc([N+](=O)[O-])cc2)c2ncn([C@H]3CN(C(c4ccccc4)(c4ccccc4)c4ccccc4)C[C@@H](COP(=O)(Cl)N(C)C)O3)c2n1. The van der Waals surface area contributed by atoms with Crippen molar-refractivity contribution in [3.05, 3.63) is 154 Å². The number of anilines is 1. The van der Waals surface area contributed by atoms with Crippen molar-refractivity contribution in [2.24, 2.45) is 5.92 Å². The number of imidazole rings is 1. The van der Waals surface area contributed by atoms with Crippen LogP contribution in [0.1, 0.15) is 42.3 Å². The molecule has 0 radical (unpaired) electrons. The number of carbonyl (C=O) groups excluding carboxylic acids is 1. The second kappa shape index (κ2) is 18.4. The van der Waals surface area contributed by atoms with Crippen molar-refractivity contribution in [2.45, 2.75) is 38.1 Å². The summed E-state index contributed by atoms with van der Waals surface area (Å²) >= 11 is 6.40. The third-order valence-electron chi connectivity index (χ3n) is 10.3. The van der Waals surface area contributed by atoms with Crippen molar-refractivity contribution >= 4 is 46.8 Å². The average Bonchev–Trinajstić information content (AvgIpc) is 3.69. The first-order chi connectivity index (χ1) is 28.9. The second-order valence-corrected chi connectivity index (χ2v) is 18.1. The summed E-state index contributed by atoms with van der Waals surface area (Å²) in [4.78, 5) is 40.1. The fourth-order valence-corrected chi connectivity index (χ4v) is 8.03. The highest BCUT2D eigenvalue weighted by molar-refractivity contribution is 7.83. The zero-order chi connectivity index (χ0) is 42.4. The first-order valence-corrected chi connectivity index (χ1v) is 22.0. The Bertz CT molecular complexity index is 2360. The highest BCUT2D eigenvalue weighted by Crippen LogP contribution is 2.54. The van der Waals surface area contributed by atoms with Crippen LogP contribution in [0.4, 0.5) is 11.6 Å². The summed E-state index contributed by atoms with van der Waals surface area (Å²) in [5.74, 6) is -0.506. The molecule has 6 aromatic rings. The number of ether oxygens (including phenoxy) is 2. The van der Waals surface area contributed by atoms with Crippen LogP contribution in [0.15, 0.2) is 122 Å². The molecule has 60 heavy (non-hydrogen) atoms. The maximum absolute atomic E-state index is 13.3. The van der Waals surface area contributed by atoms with E-state index >= 15 is 0 Å². The molecule has 1 fully saturated rings. The summed E-state index contributed by atoms with van der Waals surface area (Å²) in [6, 6.07) is 37.0. The Labute approximate surface area is 352 Å². The molecule has 0 saturated carbocycles. The number of hydrogen-bond donors (Lipinski definition) is 1. The van der Waals surface area contributed by atoms with E-state index in [-0.39, 0.29) is 42.6 Å². The van der Waals surface area contributed by atoms with Crippen LogP contribution in [-0.4, -0.2) is 86.4 Å². The van der Waals surface area contributed by atoms with E-state index < -0.39 is 29.7 Å². The number of rotatable bonds is 16. The zero-order valence-corrected chi connectivity index (χ0v) is 35.3. The Morgan fingerprint density at radius 1 is 0.950 bits per heavy atom. The Morgan fingerprint density at radius 2 is 1.53 bits per heavy atom. The number of morpholine rings is 1. The molecule has 7 rings (SSSR count). The van der Waals surface area contributed by atoms with Gasteiger partial charge >= 0.3 is 6.87 Å². The van der Waals surface area contributed by atoms with E-state index in [4.69, 9.17) is 35.2 Å². The van der Waals surface area contributed by atoms with Crippen molar-refractivity contribution in [3.8, 4) is 5.88 Å². The normalized spacial score (nSPS) is 17.1. The smallest absolute Gasteiger partial charge is 0.362 e. The second-order valence-electron chi connectivity index (χ2n) is 14.9. The van der Waals surface area contributed by atoms with E-state index in [2.05, 4.69) is 51.6 Å². The largest absolute Gasteiger partial charge is 0.476 e. The van der Waals surface area contributed by atoms with Gasteiger partial charge in [-0.1, -0.05) is 117 Å². The number of non-ortho nitro benzene ring substituents is 1. The molecular weight excluding hydrogens is 807 g/mol. The number of nitro groups is 1. The molecule has 15 nitrogen and oxygen atoms in total. The molecule has 3 heterocycles. The molecule has 0 spiro atoms. The predicted molar refractivity (Wildman–Crippen MR) is 229 cm³/mol. The molecule has 1 N–H and O–H groups in total. The monoisotopic (exact) mass is 852 g/mol. The van der Waals surface area contributed by atoms with E-state index in [1.54, 1.807) is 51.0 Å². The quantitative estimate of drug-likeness (QED) is 0.0431. The summed E-state index contributed by atoms with van der Waals surface area (Å²) < 4.78 is 35.4. The molecule has 1 amide bonds. The van der Waals surface area contributed by atoms with Gasteiger partial charge in [-0.2, -0.15) is 9.97 Å². The van der Waals surface area contributed by atoms with Crippen molar-refractivity contribution < 1.29 is 28.3 Å². The number of aromatic nitrogens is 4. The van der Waals surface area contributed by atoms with Crippen LogP contribution in [0.3, 0.4) is 0 Å². The summed E-state index contributed by atoms with van der Waals surface area (Å²) in [5, 5.41) is 14.0. The number of nitrogens with zero attached hydrogens (tertiary/aromatic N) is 7. The molecule has 4 aromatic carbocycles. The van der Waals surface area contributed by atoms with E-state index in [0.29, 0.717) is 30.7 Å². The van der Waals surface area contributed by atoms with E-state index in [0.717, 1.165) is 22.3 Å². The van der Waals surface area contributed by atoms with Crippen LogP contribution in [0.25, 0.3) is 11.2 Å². The Hall–Kier alpha value is -5.54. The molecule has 1 saturated heterocycles. The topological polar surface area (TPSA) is 167 Å². The fraction of sp³-hybridized carbons (Fsp3) is 0.302. The van der Waals surface area contributed by atoms with Crippen molar-refractivity contribution in [3.63, 3.8) is 0 Å². The van der Waals surface area contributed by atoms with E-state index in [1.165, 1.54) is 16.8 Å². The van der Waals surface area contributed by atoms with Gasteiger partial charge in [-0.05, 0) is 47.6 Å². The number of hydrogen-bond acceptors (Lipinski definition) is 11. The van der Waals surface area contributed by atoms with Gasteiger partial charge in [0.25, 0.3) is 5.69 Å². The average molecular weight is 853 g/mol. The van der Waals surface area contributed by atoms with Gasteiger partial charge in [0.05, 0.1) is 36.1 Å². The summed E-state index contributed by atoms with van der Waals surface area (Å²) in [5.41, 5.74) is 3.66. The Morgan fingerprint density at radius 3 is 2.07 bits per heavy atom. The van der Waals surface area contributed by atoms with Gasteiger partial charge in [-0.3, -0.25) is 34.3 Å². The molecular formula is C43H46ClN8O7P. The number of fused-ring (bicyclic) bond motifs is 1. The van der Waals surface area contributed by atoms with Crippen LogP contribution in [-0.2, 0) is 30.6 Å². The van der Waals surface area contributed by atoms with Gasteiger partial charge in [0, 0.05) is 37.6 Å². The van der Waals surface area contributed by atoms with Gasteiger partial charge in [-0.25, -0.2) is 9.65 Å². The summed E-state index contributed by atoms with van der Waals surface area (Å²) in [6.07, 6.45) is 0.587. The molecule has 1 unspecified atom stereocenters. The van der Waals surface area contributed by atoms with E-state index in [1.807, 2.05) is 54.6 Å². The number of amides is 1. The van der Waals surface area contributed by atoms with Gasteiger partial charge in [0.15, 0.2) is 11.2 Å². The van der Waals surface area contributed by atoms with Gasteiger partial charge in [0.1, 0.15) is 6.23 Å². The molecule has 3 atom stereocenters. The molecule has 17 heteroatoms. The van der Waals surface area contributed by atoms with Gasteiger partial charge in [-0.15, -0.1) is 0 Å². The lowest BCUT2D eigenvalue weighted by Crippen LogP contribution is -2.57. The molecule has 312 valence electrons. The molecule has 2 aromatic heterocycles. The molecule has 0 aliphatic carbocycles. The summed E-state index contributed by atoms with van der Waals surface area (Å²) in [7, 11) is 3.18. The van der Waals surface area contributed by atoms with Gasteiger partial charge < -0.3 is 14.0 Å².